The molecule has 1 fully saturated rings. The lowest BCUT2D eigenvalue weighted by Gasteiger charge is -2.32. The second-order valence-corrected chi connectivity index (χ2v) is 6.89. The maximum absolute atomic E-state index is 4.52. The highest BCUT2D eigenvalue weighted by molar-refractivity contribution is 5.61. The molecular formula is C20H29N5. The van der Waals surface area contributed by atoms with E-state index in [1.165, 1.54) is 18.5 Å². The number of hydrogen-bond acceptors (Lipinski definition) is 5. The van der Waals surface area contributed by atoms with Crippen LogP contribution in [0.2, 0.25) is 0 Å². The van der Waals surface area contributed by atoms with Crippen LogP contribution in [0, 0.1) is 5.92 Å². The number of rotatable bonds is 7. The van der Waals surface area contributed by atoms with Crippen LogP contribution in [-0.4, -0.2) is 29.6 Å². The fourth-order valence-corrected chi connectivity index (χ4v) is 3.06. The highest BCUT2D eigenvalue weighted by atomic mass is 15.1. The van der Waals surface area contributed by atoms with Gasteiger partial charge in [0.25, 0.3) is 0 Å². The molecule has 1 aromatic carbocycles. The van der Waals surface area contributed by atoms with Gasteiger partial charge in [-0.1, -0.05) is 20.3 Å². The van der Waals surface area contributed by atoms with E-state index >= 15 is 0 Å². The van der Waals surface area contributed by atoms with Crippen molar-refractivity contribution >= 4 is 23.1 Å². The molecule has 0 radical (unpaired) electrons. The topological polar surface area (TPSA) is 53.1 Å². The Bertz CT molecular complexity index is 647. The predicted octanol–water partition coefficient (Wildman–Crippen LogP) is 4.67. The van der Waals surface area contributed by atoms with Gasteiger partial charge in [0.05, 0.1) is 0 Å². The lowest BCUT2D eigenvalue weighted by molar-refractivity contribution is 0.438. The van der Waals surface area contributed by atoms with Gasteiger partial charge < -0.3 is 15.5 Å². The molecular weight excluding hydrogens is 310 g/mol. The molecule has 2 N–H and O–H groups in total. The number of nitrogens with zero attached hydrogens (tertiary/aromatic N) is 3. The lowest BCUT2D eigenvalue weighted by Crippen LogP contribution is -2.32. The summed E-state index contributed by atoms with van der Waals surface area (Å²) in [7, 11) is 0. The molecule has 0 atom stereocenters. The summed E-state index contributed by atoms with van der Waals surface area (Å²) < 4.78 is 0. The first-order valence-corrected chi connectivity index (χ1v) is 9.43. The van der Waals surface area contributed by atoms with Crippen LogP contribution < -0.4 is 15.5 Å². The van der Waals surface area contributed by atoms with Gasteiger partial charge in [-0.25, -0.2) is 4.98 Å². The normalized spacial score (nSPS) is 15.2. The van der Waals surface area contributed by atoms with Gasteiger partial charge in [0.15, 0.2) is 0 Å². The van der Waals surface area contributed by atoms with Gasteiger partial charge in [-0.15, -0.1) is 0 Å². The van der Waals surface area contributed by atoms with Crippen LogP contribution in [0.1, 0.15) is 39.5 Å². The van der Waals surface area contributed by atoms with E-state index in [0.717, 1.165) is 49.9 Å². The largest absolute Gasteiger partial charge is 0.372 e. The van der Waals surface area contributed by atoms with Gasteiger partial charge >= 0.3 is 0 Å². The summed E-state index contributed by atoms with van der Waals surface area (Å²) in [5.41, 5.74) is 2.36. The Morgan fingerprint density at radius 3 is 2.60 bits per heavy atom. The van der Waals surface area contributed by atoms with Crippen LogP contribution in [0.4, 0.5) is 23.1 Å². The highest BCUT2D eigenvalue weighted by Gasteiger charge is 2.15. The molecule has 1 saturated heterocycles. The number of aromatic nitrogens is 2. The van der Waals surface area contributed by atoms with E-state index in [1.807, 2.05) is 6.07 Å². The van der Waals surface area contributed by atoms with E-state index in [2.05, 4.69) is 63.6 Å². The number of hydrogen-bond donors (Lipinski definition) is 2. The average Bonchev–Trinajstić information content (AvgIpc) is 2.64. The summed E-state index contributed by atoms with van der Waals surface area (Å²) in [5, 5.41) is 6.62. The summed E-state index contributed by atoms with van der Waals surface area (Å²) in [6, 6.07) is 10.5. The van der Waals surface area contributed by atoms with Gasteiger partial charge in [-0.2, -0.15) is 4.98 Å². The van der Waals surface area contributed by atoms with Crippen molar-refractivity contribution < 1.29 is 0 Å². The van der Waals surface area contributed by atoms with Gasteiger partial charge in [0.1, 0.15) is 5.82 Å². The molecule has 0 amide bonds. The molecule has 134 valence electrons. The van der Waals surface area contributed by atoms with Crippen molar-refractivity contribution in [2.24, 2.45) is 5.92 Å². The molecule has 2 heterocycles. The van der Waals surface area contributed by atoms with Crippen LogP contribution >= 0.6 is 0 Å². The zero-order valence-corrected chi connectivity index (χ0v) is 15.3. The summed E-state index contributed by atoms with van der Waals surface area (Å²) in [6.45, 7) is 7.74. The quantitative estimate of drug-likeness (QED) is 0.718. The zero-order chi connectivity index (χ0) is 17.5. The lowest BCUT2D eigenvalue weighted by atomic mass is 9.99. The summed E-state index contributed by atoms with van der Waals surface area (Å²) in [4.78, 5) is 11.3. The highest BCUT2D eigenvalue weighted by Crippen LogP contribution is 2.25. The molecule has 3 rings (SSSR count). The Kier molecular flexibility index (Phi) is 6.09. The van der Waals surface area contributed by atoms with Crippen LogP contribution in [0.15, 0.2) is 36.5 Å². The Morgan fingerprint density at radius 2 is 1.88 bits per heavy atom. The fourth-order valence-electron chi connectivity index (χ4n) is 3.06. The van der Waals surface area contributed by atoms with E-state index in [0.29, 0.717) is 5.95 Å². The molecule has 2 aromatic rings. The summed E-state index contributed by atoms with van der Waals surface area (Å²) >= 11 is 0. The van der Waals surface area contributed by atoms with Crippen molar-refractivity contribution in [3.05, 3.63) is 36.5 Å². The summed E-state index contributed by atoms with van der Waals surface area (Å²) in [5.74, 6) is 2.35. The predicted molar refractivity (Wildman–Crippen MR) is 106 cm³/mol. The Balaban J connectivity index is 1.58. The van der Waals surface area contributed by atoms with Gasteiger partial charge in [-0.3, -0.25) is 0 Å². The third kappa shape index (κ3) is 5.08. The number of benzene rings is 1. The number of piperidine rings is 1. The minimum atomic E-state index is 0.678. The molecule has 1 aliphatic rings. The van der Waals surface area contributed by atoms with Crippen LogP contribution in [0.25, 0.3) is 0 Å². The van der Waals surface area contributed by atoms with Crippen LogP contribution in [-0.2, 0) is 0 Å². The molecule has 0 saturated carbocycles. The average molecular weight is 339 g/mol. The maximum atomic E-state index is 4.52. The Hall–Kier alpha value is -2.30. The number of nitrogens with one attached hydrogen (secondary N) is 2. The first kappa shape index (κ1) is 17.5. The van der Waals surface area contributed by atoms with E-state index in [9.17, 15) is 0 Å². The molecule has 1 aromatic heterocycles. The molecule has 5 nitrogen and oxygen atoms in total. The second kappa shape index (κ2) is 8.70. The summed E-state index contributed by atoms with van der Waals surface area (Å²) in [6.07, 6.45) is 6.64. The number of unbranched alkanes of at least 4 members (excludes halogenated alkanes) is 1. The van der Waals surface area contributed by atoms with Crippen molar-refractivity contribution in [3.63, 3.8) is 0 Å². The van der Waals surface area contributed by atoms with Crippen molar-refractivity contribution in [2.75, 3.05) is 35.2 Å². The number of anilines is 4. The van der Waals surface area contributed by atoms with Gasteiger partial charge in [-0.05, 0) is 55.5 Å². The molecule has 0 aliphatic carbocycles. The van der Waals surface area contributed by atoms with Gasteiger partial charge in [0.2, 0.25) is 5.95 Å². The SMILES string of the molecule is CCCCNc1nccc(Nc2ccc(N3CCC(C)CC3)cc2)n1. The molecule has 0 bridgehead atoms. The fraction of sp³-hybridized carbons (Fsp3) is 0.500. The molecule has 0 unspecified atom stereocenters. The van der Waals surface area contributed by atoms with E-state index in [-0.39, 0.29) is 0 Å². The Labute approximate surface area is 150 Å². The van der Waals surface area contributed by atoms with Gasteiger partial charge in [0, 0.05) is 37.2 Å². The molecule has 1 aliphatic heterocycles. The molecule has 0 spiro atoms. The van der Waals surface area contributed by atoms with Crippen molar-refractivity contribution in [2.45, 2.75) is 39.5 Å². The third-order valence-corrected chi connectivity index (χ3v) is 4.76. The second-order valence-electron chi connectivity index (χ2n) is 6.89. The minimum absolute atomic E-state index is 0.678. The Morgan fingerprint density at radius 1 is 1.12 bits per heavy atom. The first-order valence-electron chi connectivity index (χ1n) is 9.43. The zero-order valence-electron chi connectivity index (χ0n) is 15.3. The van der Waals surface area contributed by atoms with Crippen molar-refractivity contribution in [1.29, 1.82) is 0 Å². The standard InChI is InChI=1S/C20H29N5/c1-3-4-12-21-20-22-13-9-19(24-20)23-17-5-7-18(8-6-17)25-14-10-16(2)11-15-25/h5-9,13,16H,3-4,10-12,14-15H2,1-2H3,(H2,21,22,23,24). The van der Waals surface area contributed by atoms with E-state index in [4.69, 9.17) is 0 Å². The minimum Gasteiger partial charge on any atom is -0.372 e. The van der Waals surface area contributed by atoms with Crippen molar-refractivity contribution in [3.8, 4) is 0 Å². The van der Waals surface area contributed by atoms with E-state index in [1.54, 1.807) is 6.20 Å². The van der Waals surface area contributed by atoms with Crippen LogP contribution in [0.5, 0.6) is 0 Å². The smallest absolute Gasteiger partial charge is 0.224 e. The first-order chi connectivity index (χ1) is 12.2. The van der Waals surface area contributed by atoms with Crippen molar-refractivity contribution in [1.82, 2.24) is 9.97 Å². The van der Waals surface area contributed by atoms with E-state index < -0.39 is 0 Å². The monoisotopic (exact) mass is 339 g/mol. The molecule has 5 heteroatoms. The molecule has 25 heavy (non-hydrogen) atoms. The maximum Gasteiger partial charge on any atom is 0.224 e. The van der Waals surface area contributed by atoms with Crippen LogP contribution in [0.3, 0.4) is 0 Å². The third-order valence-electron chi connectivity index (χ3n) is 4.76.